The number of rotatable bonds is 6. The topological polar surface area (TPSA) is 58.6 Å². The van der Waals surface area contributed by atoms with Gasteiger partial charge in [-0.15, -0.1) is 0 Å². The van der Waals surface area contributed by atoms with Crippen LogP contribution in [-0.2, 0) is 13.6 Å². The number of hydrogen-bond acceptors (Lipinski definition) is 4. The number of likely N-dealkylation sites (N-methyl/N-ethyl adjacent to an activating group) is 1. The van der Waals surface area contributed by atoms with Crippen molar-refractivity contribution >= 4 is 7.82 Å². The lowest BCUT2D eigenvalue weighted by Gasteiger charge is -2.28. The van der Waals surface area contributed by atoms with Crippen molar-refractivity contribution in [2.75, 3.05) is 34.3 Å². The Kier molecular flexibility index (Phi) is 5.26. The molecular weight excluding hydrogens is 205 g/mol. The maximum Gasteiger partial charge on any atom is 0.268 e. The van der Waals surface area contributed by atoms with E-state index in [9.17, 15) is 9.46 Å². The minimum atomic E-state index is -4.09. The van der Waals surface area contributed by atoms with Gasteiger partial charge in [0, 0.05) is 0 Å². The second-order valence-electron chi connectivity index (χ2n) is 4.45. The van der Waals surface area contributed by atoms with Gasteiger partial charge in [0.2, 0.25) is 0 Å². The largest absolute Gasteiger partial charge is 0.756 e. The number of quaternary nitrogens is 1. The van der Waals surface area contributed by atoms with Gasteiger partial charge in [-0.1, -0.05) is 0 Å². The van der Waals surface area contributed by atoms with Crippen molar-refractivity contribution in [3.8, 4) is 0 Å². The minimum absolute atomic E-state index is 0.150. The highest BCUT2D eigenvalue weighted by Gasteiger charge is 2.14. The van der Waals surface area contributed by atoms with Gasteiger partial charge < -0.3 is 18.4 Å². The van der Waals surface area contributed by atoms with Gasteiger partial charge in [0.1, 0.15) is 13.2 Å². The van der Waals surface area contributed by atoms with Crippen LogP contribution in [-0.4, -0.2) is 44.9 Å². The second-order valence-corrected chi connectivity index (χ2v) is 5.81. The Morgan fingerprint density at radius 1 is 1.36 bits per heavy atom. The average Bonchev–Trinajstić information content (AvgIpc) is 1.78. The smallest absolute Gasteiger partial charge is 0.268 e. The summed E-state index contributed by atoms with van der Waals surface area (Å²) in [5, 5.41) is 0. The van der Waals surface area contributed by atoms with E-state index in [1.165, 1.54) is 0 Å². The van der Waals surface area contributed by atoms with Gasteiger partial charge in [-0.05, 0) is 13.8 Å². The molecule has 86 valence electrons. The molecule has 0 fully saturated rings. The predicted octanol–water partition coefficient (Wildman–Crippen LogP) is 0.603. The first-order chi connectivity index (χ1) is 6.12. The Morgan fingerprint density at radius 3 is 2.21 bits per heavy atom. The van der Waals surface area contributed by atoms with Gasteiger partial charge >= 0.3 is 0 Å². The standard InChI is InChI=1S/C8H20NO4P/c1-8(2)13-14(10,11)12-7-6-9(3,4)5/h8H,6-7H2,1-5H3. The van der Waals surface area contributed by atoms with Crippen LogP contribution < -0.4 is 4.89 Å². The van der Waals surface area contributed by atoms with Crippen LogP contribution >= 0.6 is 7.82 Å². The van der Waals surface area contributed by atoms with E-state index >= 15 is 0 Å². The molecule has 0 aliphatic rings. The molecule has 0 saturated carbocycles. The Hall–Kier alpha value is 0.0700. The van der Waals surface area contributed by atoms with Crippen molar-refractivity contribution in [2.45, 2.75) is 20.0 Å². The molecule has 0 aliphatic heterocycles. The number of phosphoric acid groups is 1. The third kappa shape index (κ3) is 8.66. The molecule has 0 aromatic carbocycles. The van der Waals surface area contributed by atoms with E-state index in [0.29, 0.717) is 11.0 Å². The maximum absolute atomic E-state index is 11.1. The van der Waals surface area contributed by atoms with Crippen LogP contribution in [0.1, 0.15) is 13.8 Å². The van der Waals surface area contributed by atoms with Gasteiger partial charge in [-0.25, -0.2) is 0 Å². The van der Waals surface area contributed by atoms with Gasteiger partial charge in [-0.3, -0.25) is 4.57 Å². The molecule has 6 heteroatoms. The third-order valence-corrected chi connectivity index (χ3v) is 2.53. The lowest BCUT2D eigenvalue weighted by Crippen LogP contribution is -2.37. The Morgan fingerprint density at radius 2 is 1.86 bits per heavy atom. The first kappa shape index (κ1) is 14.1. The van der Waals surface area contributed by atoms with E-state index in [2.05, 4.69) is 9.05 Å². The highest BCUT2D eigenvalue weighted by molar-refractivity contribution is 7.45. The monoisotopic (exact) mass is 225 g/mol. The minimum Gasteiger partial charge on any atom is -0.756 e. The van der Waals surface area contributed by atoms with Crippen LogP contribution in [0.15, 0.2) is 0 Å². The fraction of sp³-hybridized carbons (Fsp3) is 1.00. The van der Waals surface area contributed by atoms with E-state index in [4.69, 9.17) is 0 Å². The molecule has 0 saturated heterocycles. The van der Waals surface area contributed by atoms with Crippen LogP contribution in [0.3, 0.4) is 0 Å². The molecular formula is C8H20NO4P. The van der Waals surface area contributed by atoms with E-state index in [1.807, 2.05) is 21.1 Å². The highest BCUT2D eigenvalue weighted by atomic mass is 31.2. The molecule has 0 spiro atoms. The molecule has 14 heavy (non-hydrogen) atoms. The molecule has 0 bridgehead atoms. The molecule has 0 radical (unpaired) electrons. The van der Waals surface area contributed by atoms with Crippen LogP contribution in [0.5, 0.6) is 0 Å². The van der Waals surface area contributed by atoms with Gasteiger partial charge in [0.25, 0.3) is 7.82 Å². The Balaban J connectivity index is 3.83. The maximum atomic E-state index is 11.1. The average molecular weight is 225 g/mol. The summed E-state index contributed by atoms with van der Waals surface area (Å²) in [7, 11) is 1.79. The summed E-state index contributed by atoms with van der Waals surface area (Å²) in [6.07, 6.45) is -0.373. The van der Waals surface area contributed by atoms with E-state index in [0.717, 1.165) is 0 Å². The molecule has 1 atom stereocenters. The summed E-state index contributed by atoms with van der Waals surface area (Å²) < 4.78 is 21.1. The van der Waals surface area contributed by atoms with Crippen LogP contribution in [0.2, 0.25) is 0 Å². The third-order valence-electron chi connectivity index (χ3n) is 1.35. The van der Waals surface area contributed by atoms with Crippen LogP contribution in [0.4, 0.5) is 0 Å². The lowest BCUT2D eigenvalue weighted by atomic mass is 10.5. The fourth-order valence-electron chi connectivity index (χ4n) is 0.715. The number of phosphoric ester groups is 1. The quantitative estimate of drug-likeness (QED) is 0.490. The molecule has 0 aliphatic carbocycles. The summed E-state index contributed by atoms with van der Waals surface area (Å²) in [5.41, 5.74) is 0. The van der Waals surface area contributed by atoms with E-state index in [1.54, 1.807) is 13.8 Å². The zero-order valence-corrected chi connectivity index (χ0v) is 10.4. The van der Waals surface area contributed by atoms with Gasteiger partial charge in [-0.2, -0.15) is 0 Å². The summed E-state index contributed by atoms with van der Waals surface area (Å²) in [6, 6.07) is 0. The molecule has 5 nitrogen and oxygen atoms in total. The molecule has 0 amide bonds. The van der Waals surface area contributed by atoms with Crippen molar-refractivity contribution in [1.82, 2.24) is 0 Å². The number of hydrogen-bond donors (Lipinski definition) is 0. The van der Waals surface area contributed by atoms with E-state index < -0.39 is 7.82 Å². The van der Waals surface area contributed by atoms with Crippen molar-refractivity contribution in [2.24, 2.45) is 0 Å². The predicted molar refractivity (Wildman–Crippen MR) is 52.7 cm³/mol. The molecule has 0 heterocycles. The first-order valence-corrected chi connectivity index (χ1v) is 6.03. The highest BCUT2D eigenvalue weighted by Crippen LogP contribution is 2.39. The fourth-order valence-corrected chi connectivity index (χ4v) is 1.60. The van der Waals surface area contributed by atoms with Gasteiger partial charge in [0.15, 0.2) is 0 Å². The summed E-state index contributed by atoms with van der Waals surface area (Å²) in [6.45, 7) is 4.06. The van der Waals surface area contributed by atoms with Gasteiger partial charge in [0.05, 0.1) is 27.2 Å². The van der Waals surface area contributed by atoms with Crippen molar-refractivity contribution in [3.63, 3.8) is 0 Å². The first-order valence-electron chi connectivity index (χ1n) is 4.57. The van der Waals surface area contributed by atoms with Crippen molar-refractivity contribution < 1.29 is 23.0 Å². The molecule has 0 aromatic rings. The lowest BCUT2D eigenvalue weighted by molar-refractivity contribution is -0.870. The van der Waals surface area contributed by atoms with Crippen molar-refractivity contribution in [3.05, 3.63) is 0 Å². The Labute approximate surface area is 85.8 Å². The van der Waals surface area contributed by atoms with Crippen molar-refractivity contribution in [1.29, 1.82) is 0 Å². The Bertz CT molecular complexity index is 212. The van der Waals surface area contributed by atoms with E-state index in [-0.39, 0.29) is 12.7 Å². The summed E-state index contributed by atoms with van der Waals surface area (Å²) in [5.74, 6) is 0. The number of nitrogens with zero attached hydrogens (tertiary/aromatic N) is 1. The summed E-state index contributed by atoms with van der Waals surface area (Å²) in [4.78, 5) is 11.1. The normalized spacial score (nSPS) is 17.1. The van der Waals surface area contributed by atoms with Crippen LogP contribution in [0.25, 0.3) is 0 Å². The molecule has 0 N–H and O–H groups in total. The molecule has 0 rings (SSSR count). The zero-order valence-electron chi connectivity index (χ0n) is 9.52. The van der Waals surface area contributed by atoms with Crippen LogP contribution in [0, 0.1) is 0 Å². The zero-order chi connectivity index (χ0) is 11.4. The SMILES string of the molecule is CC(C)OP(=O)([O-])OCC[N+](C)(C)C. The molecule has 1 unspecified atom stereocenters. The second kappa shape index (κ2) is 5.24. The summed E-state index contributed by atoms with van der Waals surface area (Å²) >= 11 is 0. The molecule has 0 aromatic heterocycles.